The van der Waals surface area contributed by atoms with Crippen LogP contribution in [-0.2, 0) is 0 Å². The summed E-state index contributed by atoms with van der Waals surface area (Å²) in [6, 6.07) is 12.6. The Bertz CT molecular complexity index is 746. The Morgan fingerprint density at radius 2 is 1.63 bits per heavy atom. The van der Waals surface area contributed by atoms with Crippen LogP contribution in [-0.4, -0.2) is 19.6 Å². The number of benzene rings is 2. The number of hydrogen-bond donors (Lipinski definition) is 1. The normalized spacial score (nSPS) is 10.9. The molecule has 3 aromatic rings. The van der Waals surface area contributed by atoms with Gasteiger partial charge in [-0.05, 0) is 0 Å². The molecule has 5 heteroatoms. The third kappa shape index (κ3) is 2.84. The number of aromatic nitrogens is 1. The minimum absolute atomic E-state index is 0. The quantitative estimate of drug-likeness (QED) is 0.296. The summed E-state index contributed by atoms with van der Waals surface area (Å²) in [5, 5.41) is 0. The Kier molecular flexibility index (Phi) is 4.29. The van der Waals surface area contributed by atoms with Crippen LogP contribution in [0.2, 0.25) is 11.4 Å². The zero-order valence-corrected chi connectivity index (χ0v) is 14.2. The molecular weight excluding hydrogens is 339 g/mol. The van der Waals surface area contributed by atoms with Crippen LogP contribution >= 0.6 is 11.3 Å². The molecule has 3 rings (SSSR count). The Morgan fingerprint density at radius 3 is 2.32 bits per heavy atom. The first-order valence-electron chi connectivity index (χ1n) is 5.74. The molecule has 0 amide bonds. The molecule has 0 atom stereocenters. The molecular formula is C14H14AsClN2S. The number of nitrogens with zero attached hydrogens (tertiary/aromatic N) is 1. The van der Waals surface area contributed by atoms with Crippen LogP contribution in [0.25, 0.3) is 20.4 Å². The Morgan fingerprint density at radius 1 is 1.00 bits per heavy atom. The van der Waals surface area contributed by atoms with Crippen molar-refractivity contribution in [2.75, 3.05) is 5.73 Å². The van der Waals surface area contributed by atoms with E-state index >= 15 is 0 Å². The number of hydrogen-bond acceptors (Lipinski definition) is 2. The maximum Gasteiger partial charge on any atom is -1.00 e. The molecule has 2 aromatic carbocycles. The Balaban J connectivity index is 0.00000133. The zero-order valence-electron chi connectivity index (χ0n) is 10.7. The summed E-state index contributed by atoms with van der Waals surface area (Å²) in [5.74, 6) is 0. The van der Waals surface area contributed by atoms with Crippen LogP contribution in [0.3, 0.4) is 0 Å². The van der Waals surface area contributed by atoms with Gasteiger partial charge in [0.15, 0.2) is 0 Å². The van der Waals surface area contributed by atoms with Gasteiger partial charge >= 0.3 is 115 Å². The van der Waals surface area contributed by atoms with Gasteiger partial charge in [0.2, 0.25) is 0 Å². The molecule has 2 nitrogen and oxygen atoms in total. The second kappa shape index (κ2) is 5.62. The maximum absolute atomic E-state index is 5.83. The first-order valence-corrected chi connectivity index (χ1v) is 11.2. The fraction of sp³-hybridized carbons (Fsp3) is 0.143. The predicted octanol–water partition coefficient (Wildman–Crippen LogP) is 0.278. The van der Waals surface area contributed by atoms with Crippen molar-refractivity contribution >= 4 is 56.5 Å². The molecule has 0 aliphatic carbocycles. The van der Waals surface area contributed by atoms with Crippen LogP contribution < -0.4 is 22.5 Å². The van der Waals surface area contributed by atoms with E-state index in [2.05, 4.69) is 29.6 Å². The predicted molar refractivity (Wildman–Crippen MR) is 83.1 cm³/mol. The van der Waals surface area contributed by atoms with Crippen molar-refractivity contribution in [3.05, 3.63) is 36.4 Å². The molecule has 98 valence electrons. The molecule has 19 heavy (non-hydrogen) atoms. The van der Waals surface area contributed by atoms with Crippen molar-refractivity contribution in [1.82, 2.24) is 4.98 Å². The number of halogens is 1. The summed E-state index contributed by atoms with van der Waals surface area (Å²) in [7, 11) is 0. The third-order valence-corrected chi connectivity index (χ3v) is 6.75. The monoisotopic (exact) mass is 352 g/mol. The van der Waals surface area contributed by atoms with Gasteiger partial charge < -0.3 is 12.4 Å². The second-order valence-corrected chi connectivity index (χ2v) is 10.4. The van der Waals surface area contributed by atoms with Crippen molar-refractivity contribution in [3.8, 4) is 0 Å². The van der Waals surface area contributed by atoms with E-state index in [1.54, 1.807) is 11.3 Å². The first kappa shape index (κ1) is 14.5. The topological polar surface area (TPSA) is 38.9 Å². The van der Waals surface area contributed by atoms with Crippen molar-refractivity contribution < 1.29 is 12.4 Å². The van der Waals surface area contributed by atoms with E-state index in [0.717, 1.165) is 21.4 Å². The molecule has 0 saturated heterocycles. The summed E-state index contributed by atoms with van der Waals surface area (Å²) >= 11 is 0.959. The Labute approximate surface area is 127 Å². The van der Waals surface area contributed by atoms with E-state index < -0.39 is 14.7 Å². The first-order chi connectivity index (χ1) is 8.63. The van der Waals surface area contributed by atoms with Crippen molar-refractivity contribution in [1.29, 1.82) is 0 Å². The van der Waals surface area contributed by atoms with E-state index in [1.165, 1.54) is 9.05 Å². The van der Waals surface area contributed by atoms with Gasteiger partial charge in [0, 0.05) is 0 Å². The number of nitrogen functional groups attached to an aromatic ring is 1. The average Bonchev–Trinajstić information content (AvgIpc) is 2.35. The molecule has 0 aliphatic heterocycles. The number of rotatable bonds is 1. The van der Waals surface area contributed by atoms with Crippen LogP contribution in [0.5, 0.6) is 0 Å². The minimum atomic E-state index is -0.819. The van der Waals surface area contributed by atoms with Crippen molar-refractivity contribution in [2.24, 2.45) is 0 Å². The van der Waals surface area contributed by atoms with Crippen LogP contribution in [0, 0.1) is 0 Å². The van der Waals surface area contributed by atoms with Gasteiger partial charge in [-0.2, -0.15) is 0 Å². The molecule has 0 fully saturated rings. The minimum Gasteiger partial charge on any atom is -1.00 e. The molecule has 2 N–H and O–H groups in total. The van der Waals surface area contributed by atoms with E-state index in [4.69, 9.17) is 10.7 Å². The van der Waals surface area contributed by atoms with Gasteiger partial charge in [0.05, 0.1) is 0 Å². The molecule has 0 spiro atoms. The van der Waals surface area contributed by atoms with Crippen LogP contribution in [0.1, 0.15) is 0 Å². The molecule has 1 heterocycles. The summed E-state index contributed by atoms with van der Waals surface area (Å²) in [5.41, 5.74) is 13.4. The second-order valence-electron chi connectivity index (χ2n) is 4.49. The summed E-state index contributed by atoms with van der Waals surface area (Å²) in [4.78, 5) is 4.69. The molecule has 0 aliphatic rings. The SMILES string of the molecule is C[As](C)c1ccc2nc3ccc(N)cc3[s+]c2c1.[Cl-]. The molecule has 0 bridgehead atoms. The van der Waals surface area contributed by atoms with Gasteiger partial charge in [0.1, 0.15) is 0 Å². The summed E-state index contributed by atoms with van der Waals surface area (Å²) in [6.45, 7) is 0. The molecule has 0 radical (unpaired) electrons. The van der Waals surface area contributed by atoms with E-state index in [0.29, 0.717) is 0 Å². The van der Waals surface area contributed by atoms with E-state index in [1.807, 2.05) is 18.2 Å². The Hall–Kier alpha value is -0.892. The summed E-state index contributed by atoms with van der Waals surface area (Å²) in [6.07, 6.45) is 0. The van der Waals surface area contributed by atoms with Crippen molar-refractivity contribution in [3.63, 3.8) is 0 Å². The number of fused-ring (bicyclic) bond motifs is 2. The van der Waals surface area contributed by atoms with Gasteiger partial charge in [-0.25, -0.2) is 0 Å². The van der Waals surface area contributed by atoms with Crippen molar-refractivity contribution in [2.45, 2.75) is 11.4 Å². The maximum atomic E-state index is 5.83. The van der Waals surface area contributed by atoms with E-state index in [9.17, 15) is 0 Å². The van der Waals surface area contributed by atoms with Gasteiger partial charge in [-0.3, -0.25) is 0 Å². The molecule has 1 aromatic heterocycles. The summed E-state index contributed by atoms with van der Waals surface area (Å²) < 4.78 is 3.91. The standard InChI is InChI=1S/C14H14AsN2S.ClH/c1-15(2)9-3-5-11-13(7-9)18-14-8-10(16)4-6-12(14)17-11;/h3-8H,16H2,1-2H3;1H/q+1;/p-1. The van der Waals surface area contributed by atoms with E-state index in [-0.39, 0.29) is 12.4 Å². The van der Waals surface area contributed by atoms with Crippen LogP contribution in [0.4, 0.5) is 5.69 Å². The molecule has 0 unspecified atom stereocenters. The smallest absolute Gasteiger partial charge is 1.00 e. The largest absolute Gasteiger partial charge is 1.00 e. The average molecular weight is 353 g/mol. The fourth-order valence-electron chi connectivity index (χ4n) is 1.91. The third-order valence-electron chi connectivity index (χ3n) is 2.90. The van der Waals surface area contributed by atoms with Gasteiger partial charge in [-0.15, -0.1) is 0 Å². The fourth-order valence-corrected chi connectivity index (χ4v) is 4.75. The van der Waals surface area contributed by atoms with Gasteiger partial charge in [-0.1, -0.05) is 0 Å². The molecule has 0 saturated carbocycles. The van der Waals surface area contributed by atoms with Gasteiger partial charge in [0.25, 0.3) is 0 Å². The zero-order chi connectivity index (χ0) is 12.7. The van der Waals surface area contributed by atoms with Crippen LogP contribution in [0.15, 0.2) is 36.4 Å². The number of anilines is 1. The number of nitrogens with two attached hydrogens (primary N) is 1.